The van der Waals surface area contributed by atoms with E-state index in [1.54, 1.807) is 29.0 Å². The molecule has 30 heavy (non-hydrogen) atoms. The molecule has 0 radical (unpaired) electrons. The van der Waals surface area contributed by atoms with Gasteiger partial charge < -0.3 is 15.3 Å². The minimum Gasteiger partial charge on any atom is -0.395 e. The first-order chi connectivity index (χ1) is 14.7. The van der Waals surface area contributed by atoms with E-state index < -0.39 is 0 Å². The molecule has 1 unspecified atom stereocenters. The first-order valence-corrected chi connectivity index (χ1v) is 9.75. The molecule has 2 N–H and O–H groups in total. The summed E-state index contributed by atoms with van der Waals surface area (Å²) in [4.78, 5) is 6.91. The highest BCUT2D eigenvalue weighted by atomic mass is 19.1. The normalized spacial score (nSPS) is 16.9. The smallest absolute Gasteiger partial charge is 0.155 e. The topological polar surface area (TPSA) is 91.5 Å². The van der Waals surface area contributed by atoms with Crippen molar-refractivity contribution in [2.24, 2.45) is 0 Å². The molecule has 3 aromatic heterocycles. The third-order valence-electron chi connectivity index (χ3n) is 5.24. The number of fused-ring (bicyclic) bond motifs is 1. The maximum Gasteiger partial charge on any atom is 0.155 e. The molecule has 4 aromatic rings. The number of nitrogens with one attached hydrogen (secondary N) is 1. The minimum absolute atomic E-state index is 0.0117. The lowest BCUT2D eigenvalue weighted by molar-refractivity contribution is 0.235. The molecular formula is C21H20FN7O. The van der Waals surface area contributed by atoms with Crippen LogP contribution in [0.2, 0.25) is 0 Å². The number of aliphatic hydroxyl groups excluding tert-OH is 1. The van der Waals surface area contributed by atoms with Crippen LogP contribution < -0.4 is 10.2 Å². The van der Waals surface area contributed by atoms with Gasteiger partial charge in [-0.15, -0.1) is 5.10 Å². The predicted octanol–water partition coefficient (Wildman–Crippen LogP) is 1.76. The van der Waals surface area contributed by atoms with Crippen LogP contribution in [0.1, 0.15) is 0 Å². The van der Waals surface area contributed by atoms with Gasteiger partial charge in [-0.3, -0.25) is 0 Å². The molecule has 0 bridgehead atoms. The summed E-state index contributed by atoms with van der Waals surface area (Å²) in [6, 6.07) is 12.0. The van der Waals surface area contributed by atoms with E-state index in [9.17, 15) is 9.50 Å². The standard InChI is InChI=1S/C21H20FN7O/c22-16-3-1-14(2-4-16)20-21(15-7-8-24-25-11-15)29-18(26-20)5-6-19(27-29)28-10-9-23-17(12-28)13-30/h1-8,11,17,23,30H,9-10,12-13H2. The summed E-state index contributed by atoms with van der Waals surface area (Å²) in [5.41, 5.74) is 3.75. The monoisotopic (exact) mass is 405 g/mol. The van der Waals surface area contributed by atoms with Gasteiger partial charge in [0.15, 0.2) is 5.65 Å². The molecule has 8 nitrogen and oxygen atoms in total. The van der Waals surface area contributed by atoms with Crippen LogP contribution in [-0.2, 0) is 0 Å². The highest BCUT2D eigenvalue weighted by Crippen LogP contribution is 2.32. The van der Waals surface area contributed by atoms with Gasteiger partial charge in [-0.1, -0.05) is 0 Å². The van der Waals surface area contributed by atoms with E-state index in [0.29, 0.717) is 17.9 Å². The number of piperazine rings is 1. The SMILES string of the molecule is OCC1CN(c2ccc3nc(-c4ccc(F)cc4)c(-c4ccnnc4)n3n2)CCN1. The third kappa shape index (κ3) is 3.38. The van der Waals surface area contributed by atoms with Gasteiger partial charge in [0.1, 0.15) is 17.3 Å². The van der Waals surface area contributed by atoms with Gasteiger partial charge in [-0.25, -0.2) is 13.9 Å². The van der Waals surface area contributed by atoms with E-state index >= 15 is 0 Å². The molecule has 0 amide bonds. The van der Waals surface area contributed by atoms with Crippen LogP contribution in [0.3, 0.4) is 0 Å². The molecule has 4 heterocycles. The van der Waals surface area contributed by atoms with Crippen molar-refractivity contribution in [1.29, 1.82) is 0 Å². The quantitative estimate of drug-likeness (QED) is 0.535. The second kappa shape index (κ2) is 7.77. The summed E-state index contributed by atoms with van der Waals surface area (Å²) in [7, 11) is 0. The molecule has 1 fully saturated rings. The predicted molar refractivity (Wildman–Crippen MR) is 110 cm³/mol. The van der Waals surface area contributed by atoms with Gasteiger partial charge >= 0.3 is 0 Å². The Morgan fingerprint density at radius 3 is 2.70 bits per heavy atom. The van der Waals surface area contributed by atoms with Crippen molar-refractivity contribution in [2.45, 2.75) is 6.04 Å². The average molecular weight is 405 g/mol. The van der Waals surface area contributed by atoms with Crippen LogP contribution >= 0.6 is 0 Å². The number of benzene rings is 1. The van der Waals surface area contributed by atoms with Gasteiger partial charge in [-0.05, 0) is 42.5 Å². The molecule has 9 heteroatoms. The first kappa shape index (κ1) is 18.6. The highest BCUT2D eigenvalue weighted by Gasteiger charge is 2.22. The lowest BCUT2D eigenvalue weighted by Gasteiger charge is -2.33. The van der Waals surface area contributed by atoms with Crippen molar-refractivity contribution in [3.63, 3.8) is 0 Å². The maximum atomic E-state index is 13.5. The van der Waals surface area contributed by atoms with E-state index in [-0.39, 0.29) is 18.5 Å². The number of halogens is 1. The van der Waals surface area contributed by atoms with E-state index in [4.69, 9.17) is 10.1 Å². The molecular weight excluding hydrogens is 385 g/mol. The summed E-state index contributed by atoms with van der Waals surface area (Å²) in [6.45, 7) is 2.31. The van der Waals surface area contributed by atoms with Crippen molar-refractivity contribution < 1.29 is 9.50 Å². The van der Waals surface area contributed by atoms with Crippen molar-refractivity contribution in [1.82, 2.24) is 30.1 Å². The highest BCUT2D eigenvalue weighted by molar-refractivity contribution is 5.81. The summed E-state index contributed by atoms with van der Waals surface area (Å²) in [5, 5.41) is 25.5. The summed E-state index contributed by atoms with van der Waals surface area (Å²) < 4.78 is 15.3. The Morgan fingerprint density at radius 2 is 1.93 bits per heavy atom. The second-order valence-corrected chi connectivity index (χ2v) is 7.19. The fourth-order valence-electron chi connectivity index (χ4n) is 3.75. The van der Waals surface area contributed by atoms with E-state index in [2.05, 4.69) is 20.4 Å². The number of aromatic nitrogens is 5. The minimum atomic E-state index is -0.299. The van der Waals surface area contributed by atoms with Crippen LogP contribution in [0.15, 0.2) is 54.9 Å². The van der Waals surface area contributed by atoms with Crippen molar-refractivity contribution in [3.8, 4) is 22.5 Å². The number of rotatable bonds is 4. The Kier molecular flexibility index (Phi) is 4.82. The number of aliphatic hydroxyl groups is 1. The first-order valence-electron chi connectivity index (χ1n) is 9.75. The number of hydrogen-bond acceptors (Lipinski definition) is 7. The van der Waals surface area contributed by atoms with Gasteiger partial charge in [0, 0.05) is 36.8 Å². The molecule has 5 rings (SSSR count). The molecule has 0 aliphatic carbocycles. The van der Waals surface area contributed by atoms with E-state index in [1.165, 1.54) is 12.1 Å². The zero-order valence-electron chi connectivity index (χ0n) is 16.1. The van der Waals surface area contributed by atoms with Gasteiger partial charge in [0.05, 0.1) is 24.7 Å². The van der Waals surface area contributed by atoms with Crippen molar-refractivity contribution >= 4 is 11.5 Å². The molecule has 1 saturated heterocycles. The zero-order valence-corrected chi connectivity index (χ0v) is 16.1. The Bertz CT molecular complexity index is 1160. The van der Waals surface area contributed by atoms with Crippen LogP contribution in [0, 0.1) is 5.82 Å². The molecule has 1 aromatic carbocycles. The Labute approximate surface area is 172 Å². The van der Waals surface area contributed by atoms with Crippen LogP contribution in [0.25, 0.3) is 28.2 Å². The van der Waals surface area contributed by atoms with Crippen LogP contribution in [0.4, 0.5) is 10.2 Å². The number of nitrogens with zero attached hydrogens (tertiary/aromatic N) is 6. The lowest BCUT2D eigenvalue weighted by Crippen LogP contribution is -2.52. The third-order valence-corrected chi connectivity index (χ3v) is 5.24. The van der Waals surface area contributed by atoms with Crippen LogP contribution in [0.5, 0.6) is 0 Å². The van der Waals surface area contributed by atoms with Crippen molar-refractivity contribution in [2.75, 3.05) is 31.1 Å². The fraction of sp³-hybridized carbons (Fsp3) is 0.238. The summed E-state index contributed by atoms with van der Waals surface area (Å²) in [6.07, 6.45) is 3.28. The fourth-order valence-corrected chi connectivity index (χ4v) is 3.75. The molecule has 0 spiro atoms. The van der Waals surface area contributed by atoms with Crippen molar-refractivity contribution in [3.05, 3.63) is 60.7 Å². The van der Waals surface area contributed by atoms with Crippen LogP contribution in [-0.4, -0.2) is 62.2 Å². The van der Waals surface area contributed by atoms with Gasteiger partial charge in [-0.2, -0.15) is 10.2 Å². The Hall–Kier alpha value is -3.43. The second-order valence-electron chi connectivity index (χ2n) is 7.19. The summed E-state index contributed by atoms with van der Waals surface area (Å²) >= 11 is 0. The lowest BCUT2D eigenvalue weighted by atomic mass is 10.1. The Balaban J connectivity index is 1.66. The molecule has 1 atom stereocenters. The summed E-state index contributed by atoms with van der Waals surface area (Å²) in [5.74, 6) is 0.501. The van der Waals surface area contributed by atoms with Gasteiger partial charge in [0.25, 0.3) is 0 Å². The molecule has 0 saturated carbocycles. The van der Waals surface area contributed by atoms with E-state index in [1.807, 2.05) is 18.2 Å². The maximum absolute atomic E-state index is 13.5. The number of imidazole rings is 1. The zero-order chi connectivity index (χ0) is 20.5. The molecule has 152 valence electrons. The van der Waals surface area contributed by atoms with Gasteiger partial charge in [0.2, 0.25) is 0 Å². The number of anilines is 1. The number of hydrogen-bond donors (Lipinski definition) is 2. The Morgan fingerprint density at radius 1 is 1.07 bits per heavy atom. The largest absolute Gasteiger partial charge is 0.395 e. The van der Waals surface area contributed by atoms with E-state index in [0.717, 1.165) is 35.7 Å². The average Bonchev–Trinajstić information content (AvgIpc) is 3.19. The molecule has 1 aliphatic heterocycles. The molecule has 1 aliphatic rings.